The SMILES string of the molecule is C=CCN1C(=O)SC(=Cc2ccc(OCc3ccc(C(=O)O)cc3)cc2)C1=O. The summed E-state index contributed by atoms with van der Waals surface area (Å²) in [5, 5.41) is 8.60. The van der Waals surface area contributed by atoms with Gasteiger partial charge in [0.1, 0.15) is 12.4 Å². The molecule has 28 heavy (non-hydrogen) atoms. The Hall–Kier alpha value is -3.32. The molecule has 1 saturated heterocycles. The molecule has 2 aromatic carbocycles. The molecule has 1 aliphatic heterocycles. The highest BCUT2D eigenvalue weighted by Gasteiger charge is 2.33. The molecule has 1 heterocycles. The molecule has 7 heteroatoms. The second-order valence-corrected chi connectivity index (χ2v) is 6.93. The number of imide groups is 1. The van der Waals surface area contributed by atoms with Gasteiger partial charge in [-0.1, -0.05) is 30.3 Å². The number of carbonyl (C=O) groups excluding carboxylic acids is 2. The van der Waals surface area contributed by atoms with Crippen molar-refractivity contribution in [3.05, 3.63) is 82.8 Å². The van der Waals surface area contributed by atoms with Crippen LogP contribution in [0.4, 0.5) is 4.79 Å². The van der Waals surface area contributed by atoms with Gasteiger partial charge < -0.3 is 9.84 Å². The number of carbonyl (C=O) groups is 3. The van der Waals surface area contributed by atoms with E-state index in [0.717, 1.165) is 27.8 Å². The van der Waals surface area contributed by atoms with E-state index in [9.17, 15) is 14.4 Å². The Morgan fingerprint density at radius 2 is 1.79 bits per heavy atom. The van der Waals surface area contributed by atoms with Crippen molar-refractivity contribution in [2.24, 2.45) is 0 Å². The molecule has 0 aromatic heterocycles. The van der Waals surface area contributed by atoms with Gasteiger partial charge in [0, 0.05) is 6.54 Å². The number of aromatic carboxylic acids is 1. The van der Waals surface area contributed by atoms with Crippen molar-refractivity contribution >= 4 is 35.0 Å². The third-order valence-electron chi connectivity index (χ3n) is 3.97. The van der Waals surface area contributed by atoms with Crippen molar-refractivity contribution in [1.82, 2.24) is 4.90 Å². The quantitative estimate of drug-likeness (QED) is 0.559. The molecule has 0 aliphatic carbocycles. The van der Waals surface area contributed by atoms with E-state index in [1.54, 1.807) is 42.5 Å². The van der Waals surface area contributed by atoms with E-state index in [-0.39, 0.29) is 23.3 Å². The monoisotopic (exact) mass is 395 g/mol. The highest BCUT2D eigenvalue weighted by atomic mass is 32.2. The zero-order valence-corrected chi connectivity index (χ0v) is 15.6. The van der Waals surface area contributed by atoms with Crippen molar-refractivity contribution < 1.29 is 24.2 Å². The topological polar surface area (TPSA) is 83.9 Å². The second-order valence-electron chi connectivity index (χ2n) is 5.94. The van der Waals surface area contributed by atoms with Crippen molar-refractivity contribution in [2.75, 3.05) is 6.54 Å². The molecular formula is C21H17NO5S. The van der Waals surface area contributed by atoms with Crippen molar-refractivity contribution in [3.8, 4) is 5.75 Å². The molecule has 3 rings (SSSR count). The van der Waals surface area contributed by atoms with Crippen LogP contribution in [-0.2, 0) is 11.4 Å². The van der Waals surface area contributed by atoms with Gasteiger partial charge in [0.25, 0.3) is 11.1 Å². The lowest BCUT2D eigenvalue weighted by Crippen LogP contribution is -2.27. The standard InChI is InChI=1S/C21H17NO5S/c1-2-11-22-19(23)18(28-21(22)26)12-14-5-9-17(10-6-14)27-13-15-3-7-16(8-4-15)20(24)25/h2-10,12H,1,11,13H2,(H,24,25). The molecule has 1 aliphatic rings. The lowest BCUT2D eigenvalue weighted by atomic mass is 10.1. The van der Waals surface area contributed by atoms with Crippen LogP contribution in [0.1, 0.15) is 21.5 Å². The molecule has 0 spiro atoms. The average molecular weight is 395 g/mol. The number of hydrogen-bond donors (Lipinski definition) is 1. The third-order valence-corrected chi connectivity index (χ3v) is 4.88. The Morgan fingerprint density at radius 1 is 1.11 bits per heavy atom. The molecule has 142 valence electrons. The van der Waals surface area contributed by atoms with Crippen LogP contribution in [0.5, 0.6) is 5.75 Å². The summed E-state index contributed by atoms with van der Waals surface area (Å²) in [6, 6.07) is 13.6. The summed E-state index contributed by atoms with van der Waals surface area (Å²) < 4.78 is 5.69. The number of ether oxygens (including phenoxy) is 1. The average Bonchev–Trinajstić information content (AvgIpc) is 2.95. The van der Waals surface area contributed by atoms with Gasteiger partial charge in [-0.2, -0.15) is 0 Å². The molecule has 0 radical (unpaired) electrons. The van der Waals surface area contributed by atoms with Crippen molar-refractivity contribution in [2.45, 2.75) is 6.61 Å². The molecular weight excluding hydrogens is 378 g/mol. The van der Waals surface area contributed by atoms with E-state index in [1.165, 1.54) is 18.2 Å². The molecule has 0 unspecified atom stereocenters. The first-order valence-electron chi connectivity index (χ1n) is 8.39. The first-order chi connectivity index (χ1) is 13.5. The number of hydrogen-bond acceptors (Lipinski definition) is 5. The Morgan fingerprint density at radius 3 is 2.39 bits per heavy atom. The summed E-state index contributed by atoms with van der Waals surface area (Å²) in [6.07, 6.45) is 3.18. The molecule has 0 atom stereocenters. The Balaban J connectivity index is 1.62. The van der Waals surface area contributed by atoms with Gasteiger partial charge >= 0.3 is 5.97 Å². The lowest BCUT2D eigenvalue weighted by Gasteiger charge is -2.08. The predicted molar refractivity (Wildman–Crippen MR) is 107 cm³/mol. The zero-order chi connectivity index (χ0) is 20.1. The lowest BCUT2D eigenvalue weighted by molar-refractivity contribution is -0.122. The molecule has 0 saturated carbocycles. The third kappa shape index (κ3) is 4.50. The molecule has 1 N–H and O–H groups in total. The highest BCUT2D eigenvalue weighted by molar-refractivity contribution is 8.18. The van der Waals surface area contributed by atoms with Gasteiger partial charge in [-0.3, -0.25) is 14.5 Å². The first-order valence-corrected chi connectivity index (χ1v) is 9.21. The number of nitrogens with zero attached hydrogens (tertiary/aromatic N) is 1. The summed E-state index contributed by atoms with van der Waals surface area (Å²) in [5.74, 6) is -0.648. The van der Waals surface area contributed by atoms with E-state index >= 15 is 0 Å². The molecule has 0 bridgehead atoms. The van der Waals surface area contributed by atoms with Crippen LogP contribution in [0.15, 0.2) is 66.1 Å². The maximum absolute atomic E-state index is 12.2. The minimum absolute atomic E-state index is 0.197. The number of amides is 2. The predicted octanol–water partition coefficient (Wildman–Crippen LogP) is 4.19. The van der Waals surface area contributed by atoms with E-state index in [1.807, 2.05) is 0 Å². The van der Waals surface area contributed by atoms with Crippen LogP contribution in [0.3, 0.4) is 0 Å². The van der Waals surface area contributed by atoms with Crippen molar-refractivity contribution in [1.29, 1.82) is 0 Å². The maximum Gasteiger partial charge on any atom is 0.335 e. The van der Waals surface area contributed by atoms with Gasteiger partial charge in [-0.05, 0) is 53.2 Å². The largest absolute Gasteiger partial charge is 0.489 e. The van der Waals surface area contributed by atoms with E-state index < -0.39 is 5.97 Å². The summed E-state index contributed by atoms with van der Waals surface area (Å²) in [7, 11) is 0. The maximum atomic E-state index is 12.2. The Kier molecular flexibility index (Phi) is 5.96. The van der Waals surface area contributed by atoms with Gasteiger partial charge in [0.2, 0.25) is 0 Å². The Bertz CT molecular complexity index is 948. The van der Waals surface area contributed by atoms with Gasteiger partial charge in [0.15, 0.2) is 0 Å². The summed E-state index contributed by atoms with van der Waals surface area (Å²) in [5.41, 5.74) is 1.86. The summed E-state index contributed by atoms with van der Waals surface area (Å²) in [4.78, 5) is 36.4. The number of carboxylic acid groups (broad SMARTS) is 1. The van der Waals surface area contributed by atoms with Gasteiger partial charge in [0.05, 0.1) is 10.5 Å². The minimum atomic E-state index is -0.967. The van der Waals surface area contributed by atoms with Crippen LogP contribution in [0.2, 0.25) is 0 Å². The number of benzene rings is 2. The zero-order valence-electron chi connectivity index (χ0n) is 14.8. The number of thioether (sulfide) groups is 1. The van der Waals surface area contributed by atoms with E-state index in [4.69, 9.17) is 9.84 Å². The van der Waals surface area contributed by atoms with Gasteiger partial charge in [-0.15, -0.1) is 6.58 Å². The van der Waals surface area contributed by atoms with Crippen LogP contribution in [0.25, 0.3) is 6.08 Å². The molecule has 1 fully saturated rings. The molecule has 2 aromatic rings. The minimum Gasteiger partial charge on any atom is -0.489 e. The summed E-state index contributed by atoms with van der Waals surface area (Å²) >= 11 is 0.909. The van der Waals surface area contributed by atoms with Crippen LogP contribution in [0, 0.1) is 0 Å². The Labute approximate surface area is 166 Å². The van der Waals surface area contributed by atoms with Crippen LogP contribution in [-0.4, -0.2) is 33.7 Å². The second kappa shape index (κ2) is 8.58. The smallest absolute Gasteiger partial charge is 0.335 e. The first kappa shape index (κ1) is 19.4. The highest BCUT2D eigenvalue weighted by Crippen LogP contribution is 2.32. The van der Waals surface area contributed by atoms with Crippen molar-refractivity contribution in [3.63, 3.8) is 0 Å². The van der Waals surface area contributed by atoms with Gasteiger partial charge in [-0.25, -0.2) is 4.79 Å². The van der Waals surface area contributed by atoms with Crippen LogP contribution < -0.4 is 4.74 Å². The molecule has 6 nitrogen and oxygen atoms in total. The summed E-state index contributed by atoms with van der Waals surface area (Å²) in [6.45, 7) is 4.05. The van der Waals surface area contributed by atoms with Crippen LogP contribution >= 0.6 is 11.8 Å². The fourth-order valence-electron chi connectivity index (χ4n) is 2.51. The fourth-order valence-corrected chi connectivity index (χ4v) is 3.36. The normalized spacial score (nSPS) is 15.1. The number of carboxylic acids is 1. The fraction of sp³-hybridized carbons (Fsp3) is 0.0952. The molecule has 2 amide bonds. The van der Waals surface area contributed by atoms with E-state index in [2.05, 4.69) is 6.58 Å². The number of rotatable bonds is 7. The van der Waals surface area contributed by atoms with E-state index in [0.29, 0.717) is 17.3 Å².